The number of nitrogens with zero attached hydrogens (tertiary/aromatic N) is 3. The zero-order valence-corrected chi connectivity index (χ0v) is 11.6. The molecule has 0 aliphatic carbocycles. The number of hydrogen-bond donors (Lipinski definition) is 1. The van der Waals surface area contributed by atoms with Gasteiger partial charge in [-0.2, -0.15) is 5.10 Å². The van der Waals surface area contributed by atoms with E-state index in [0.29, 0.717) is 6.04 Å². The van der Waals surface area contributed by atoms with Crippen molar-refractivity contribution in [1.29, 1.82) is 0 Å². The summed E-state index contributed by atoms with van der Waals surface area (Å²) in [5.41, 5.74) is 1.34. The van der Waals surface area contributed by atoms with E-state index in [0.717, 1.165) is 23.2 Å². The Labute approximate surface area is 116 Å². The fraction of sp³-hybridized carbons (Fsp3) is 0.286. The fourth-order valence-electron chi connectivity index (χ4n) is 2.07. The molecule has 4 nitrogen and oxygen atoms in total. The van der Waals surface area contributed by atoms with Crippen LogP contribution in [-0.2, 0) is 13.5 Å². The second-order valence-corrected chi connectivity index (χ2v) is 5.60. The van der Waals surface area contributed by atoms with Crippen molar-refractivity contribution in [3.05, 3.63) is 48.2 Å². The second-order valence-electron chi connectivity index (χ2n) is 4.59. The van der Waals surface area contributed by atoms with Crippen molar-refractivity contribution >= 4 is 22.7 Å². The molecule has 0 bridgehead atoms. The highest BCUT2D eigenvalue weighted by atomic mass is 32.2. The molecule has 3 rings (SSSR count). The summed E-state index contributed by atoms with van der Waals surface area (Å²) in [5, 5.41) is 8.52. The lowest BCUT2D eigenvalue weighted by molar-refractivity contribution is 0.761. The lowest BCUT2D eigenvalue weighted by atomic mass is 10.1. The summed E-state index contributed by atoms with van der Waals surface area (Å²) >= 11 is 1.76. The van der Waals surface area contributed by atoms with Crippen LogP contribution in [0.25, 0.3) is 0 Å². The molecule has 1 aromatic heterocycles. The molecule has 1 N–H and O–H groups in total. The van der Waals surface area contributed by atoms with Gasteiger partial charge in [0.15, 0.2) is 11.0 Å². The van der Waals surface area contributed by atoms with Gasteiger partial charge in [0, 0.05) is 25.1 Å². The molecule has 0 amide bonds. The van der Waals surface area contributed by atoms with Crippen LogP contribution in [-0.4, -0.2) is 26.7 Å². The Morgan fingerprint density at radius 2 is 2.16 bits per heavy atom. The van der Waals surface area contributed by atoms with Crippen LogP contribution < -0.4 is 5.32 Å². The van der Waals surface area contributed by atoms with Crippen molar-refractivity contribution in [2.45, 2.75) is 12.5 Å². The molecule has 1 unspecified atom stereocenters. The molecular weight excluding hydrogens is 256 g/mol. The molecule has 5 heteroatoms. The smallest absolute Gasteiger partial charge is 0.162 e. The number of amidine groups is 1. The van der Waals surface area contributed by atoms with Crippen molar-refractivity contribution < 1.29 is 0 Å². The van der Waals surface area contributed by atoms with E-state index in [9.17, 15) is 0 Å². The molecule has 1 aliphatic rings. The highest BCUT2D eigenvalue weighted by Crippen LogP contribution is 2.22. The molecule has 0 saturated heterocycles. The van der Waals surface area contributed by atoms with Gasteiger partial charge in [-0.05, 0) is 12.0 Å². The minimum Gasteiger partial charge on any atom is -0.318 e. The molecule has 0 saturated carbocycles. The first-order valence-electron chi connectivity index (χ1n) is 6.31. The van der Waals surface area contributed by atoms with E-state index in [2.05, 4.69) is 34.7 Å². The number of anilines is 1. The van der Waals surface area contributed by atoms with Crippen LogP contribution >= 0.6 is 11.8 Å². The van der Waals surface area contributed by atoms with Gasteiger partial charge in [-0.1, -0.05) is 42.1 Å². The maximum Gasteiger partial charge on any atom is 0.162 e. The van der Waals surface area contributed by atoms with E-state index in [4.69, 9.17) is 4.99 Å². The van der Waals surface area contributed by atoms with Gasteiger partial charge in [-0.25, -0.2) is 0 Å². The van der Waals surface area contributed by atoms with Crippen LogP contribution in [0.2, 0.25) is 0 Å². The molecule has 2 aromatic rings. The maximum atomic E-state index is 4.71. The minimum absolute atomic E-state index is 0.360. The summed E-state index contributed by atoms with van der Waals surface area (Å²) in [6, 6.07) is 12.8. The standard InChI is InChI=1S/C14H16N4S/c1-18-8-7-13(17-18)16-14-15-12(10-19-14)9-11-5-3-2-4-6-11/h2-8,12H,9-10H2,1H3,(H,15,16,17). The first-order chi connectivity index (χ1) is 9.29. The van der Waals surface area contributed by atoms with E-state index in [1.807, 2.05) is 25.4 Å². The van der Waals surface area contributed by atoms with E-state index in [-0.39, 0.29) is 0 Å². The molecule has 0 spiro atoms. The summed E-state index contributed by atoms with van der Waals surface area (Å²) < 4.78 is 1.78. The van der Waals surface area contributed by atoms with Gasteiger partial charge in [0.2, 0.25) is 0 Å². The zero-order chi connectivity index (χ0) is 13.1. The molecule has 98 valence electrons. The summed E-state index contributed by atoms with van der Waals surface area (Å²) in [4.78, 5) is 4.71. The first-order valence-corrected chi connectivity index (χ1v) is 7.29. The van der Waals surface area contributed by atoms with Gasteiger partial charge in [0.1, 0.15) is 0 Å². The topological polar surface area (TPSA) is 42.2 Å². The van der Waals surface area contributed by atoms with Crippen LogP contribution in [0.1, 0.15) is 5.56 Å². The third-order valence-electron chi connectivity index (χ3n) is 2.98. The van der Waals surface area contributed by atoms with Crippen LogP contribution in [0.4, 0.5) is 5.82 Å². The Balaban J connectivity index is 1.61. The Kier molecular flexibility index (Phi) is 3.55. The predicted octanol–water partition coefficient (Wildman–Crippen LogP) is 2.55. The van der Waals surface area contributed by atoms with E-state index < -0.39 is 0 Å². The zero-order valence-electron chi connectivity index (χ0n) is 10.8. The van der Waals surface area contributed by atoms with Gasteiger partial charge in [0.05, 0.1) is 6.04 Å². The second kappa shape index (κ2) is 5.48. The number of rotatable bonds is 3. The van der Waals surface area contributed by atoms with Gasteiger partial charge in [-0.15, -0.1) is 0 Å². The van der Waals surface area contributed by atoms with E-state index >= 15 is 0 Å². The highest BCUT2D eigenvalue weighted by Gasteiger charge is 2.19. The molecular formula is C14H16N4S. The Bertz CT molecular complexity index is 576. The monoisotopic (exact) mass is 272 g/mol. The quantitative estimate of drug-likeness (QED) is 0.933. The number of hydrogen-bond acceptors (Lipinski definition) is 4. The Hall–Kier alpha value is -1.75. The van der Waals surface area contributed by atoms with E-state index in [1.165, 1.54) is 5.56 Å². The fourth-order valence-corrected chi connectivity index (χ4v) is 3.01. The highest BCUT2D eigenvalue weighted by molar-refractivity contribution is 8.14. The van der Waals surface area contributed by atoms with Crippen molar-refractivity contribution in [3.63, 3.8) is 0 Å². The first kappa shape index (κ1) is 12.3. The number of aliphatic imine (C=N–C) groups is 1. The van der Waals surface area contributed by atoms with Crippen LogP contribution in [0.3, 0.4) is 0 Å². The number of benzene rings is 1. The van der Waals surface area contributed by atoms with Crippen LogP contribution in [0.15, 0.2) is 47.6 Å². The molecule has 2 heterocycles. The van der Waals surface area contributed by atoms with Crippen molar-refractivity contribution in [1.82, 2.24) is 9.78 Å². The third-order valence-corrected chi connectivity index (χ3v) is 4.01. The molecule has 1 aromatic carbocycles. The molecule has 0 fully saturated rings. The van der Waals surface area contributed by atoms with Gasteiger partial charge >= 0.3 is 0 Å². The largest absolute Gasteiger partial charge is 0.318 e. The Morgan fingerprint density at radius 1 is 1.32 bits per heavy atom. The molecule has 1 aliphatic heterocycles. The minimum atomic E-state index is 0.360. The number of aromatic nitrogens is 2. The number of aryl methyl sites for hydroxylation is 1. The molecule has 19 heavy (non-hydrogen) atoms. The molecule has 0 radical (unpaired) electrons. The summed E-state index contributed by atoms with van der Waals surface area (Å²) in [6.45, 7) is 0. The van der Waals surface area contributed by atoms with Crippen molar-refractivity contribution in [2.24, 2.45) is 12.0 Å². The Morgan fingerprint density at radius 3 is 2.89 bits per heavy atom. The summed E-state index contributed by atoms with van der Waals surface area (Å²) in [7, 11) is 1.91. The van der Waals surface area contributed by atoms with Crippen molar-refractivity contribution in [2.75, 3.05) is 11.1 Å². The van der Waals surface area contributed by atoms with Crippen LogP contribution in [0, 0.1) is 0 Å². The number of nitrogens with one attached hydrogen (secondary N) is 1. The SMILES string of the molecule is Cn1ccc(NC2=NC(Cc3ccccc3)CS2)n1. The average molecular weight is 272 g/mol. The van der Waals surface area contributed by atoms with Gasteiger partial charge in [0.25, 0.3) is 0 Å². The summed E-state index contributed by atoms with van der Waals surface area (Å²) in [5.74, 6) is 1.89. The van der Waals surface area contributed by atoms with Crippen LogP contribution in [0.5, 0.6) is 0 Å². The number of thioether (sulfide) groups is 1. The third kappa shape index (κ3) is 3.17. The predicted molar refractivity (Wildman–Crippen MR) is 80.7 cm³/mol. The lowest BCUT2D eigenvalue weighted by Crippen LogP contribution is -2.08. The summed E-state index contributed by atoms with van der Waals surface area (Å²) in [6.07, 6.45) is 2.92. The maximum absolute atomic E-state index is 4.71. The molecule has 1 atom stereocenters. The average Bonchev–Trinajstić information content (AvgIpc) is 3.01. The van der Waals surface area contributed by atoms with Gasteiger partial charge in [-0.3, -0.25) is 9.67 Å². The normalized spacial score (nSPS) is 18.4. The van der Waals surface area contributed by atoms with Gasteiger partial charge < -0.3 is 5.32 Å². The lowest BCUT2D eigenvalue weighted by Gasteiger charge is -2.04. The van der Waals surface area contributed by atoms with E-state index in [1.54, 1.807) is 16.4 Å². The van der Waals surface area contributed by atoms with Crippen molar-refractivity contribution in [3.8, 4) is 0 Å².